The Morgan fingerprint density at radius 2 is 2.14 bits per heavy atom. The number of hydrogen-bond acceptors (Lipinski definition) is 2. The average molecular weight is 305 g/mol. The fraction of sp³-hybridized carbons (Fsp3) is 0.188. The first kappa shape index (κ1) is 13.9. The summed E-state index contributed by atoms with van der Waals surface area (Å²) in [5.74, 6) is -0.622. The quantitative estimate of drug-likeness (QED) is 0.913. The molecule has 0 fully saturated rings. The second-order valence-corrected chi connectivity index (χ2v) is 5.39. The molecule has 3 nitrogen and oxygen atoms in total. The zero-order valence-electron chi connectivity index (χ0n) is 11.2. The largest absolute Gasteiger partial charge is 0.384 e. The minimum Gasteiger partial charge on any atom is -0.384 e. The summed E-state index contributed by atoms with van der Waals surface area (Å²) in [4.78, 5) is 12.1. The zero-order chi connectivity index (χ0) is 14.8. The Bertz CT molecular complexity index is 703. The molecular weight excluding hydrogens is 291 g/mol. The minimum absolute atomic E-state index is 0.0588. The molecule has 108 valence electrons. The van der Waals surface area contributed by atoms with Crippen LogP contribution in [0.15, 0.2) is 36.4 Å². The summed E-state index contributed by atoms with van der Waals surface area (Å²) in [6.07, 6.45) is 0.991. The molecule has 2 aromatic carbocycles. The number of amides is 1. The monoisotopic (exact) mass is 304 g/mol. The molecule has 0 atom stereocenters. The number of hydrogen-bond donors (Lipinski definition) is 2. The van der Waals surface area contributed by atoms with Crippen LogP contribution in [0.5, 0.6) is 0 Å². The Kier molecular flexibility index (Phi) is 3.80. The molecule has 0 unspecified atom stereocenters. The second kappa shape index (κ2) is 5.74. The third-order valence-electron chi connectivity index (χ3n) is 3.52. The fourth-order valence-electron chi connectivity index (χ4n) is 2.37. The first-order chi connectivity index (χ1) is 10.1. The maximum Gasteiger partial charge on any atom is 0.251 e. The SMILES string of the molecule is O=C(NCc1ccc(F)c(Cl)c1)c1ccc2c(c1)NCC2. The van der Waals surface area contributed by atoms with Crippen LogP contribution in [0.25, 0.3) is 0 Å². The molecule has 1 aliphatic heterocycles. The van der Waals surface area contributed by atoms with Gasteiger partial charge in [-0.3, -0.25) is 4.79 Å². The first-order valence-corrected chi connectivity index (χ1v) is 7.10. The topological polar surface area (TPSA) is 41.1 Å². The van der Waals surface area contributed by atoms with Gasteiger partial charge in [-0.05, 0) is 41.8 Å². The lowest BCUT2D eigenvalue weighted by atomic mass is 10.1. The fourth-order valence-corrected chi connectivity index (χ4v) is 2.57. The third-order valence-corrected chi connectivity index (χ3v) is 3.81. The highest BCUT2D eigenvalue weighted by atomic mass is 35.5. The van der Waals surface area contributed by atoms with E-state index >= 15 is 0 Å². The molecule has 0 saturated heterocycles. The standard InChI is InChI=1S/C16H14ClFN2O/c17-13-7-10(1-4-14(13)18)9-20-16(21)12-3-2-11-5-6-19-15(11)8-12/h1-4,7-8,19H,5-6,9H2,(H,20,21). The van der Waals surface area contributed by atoms with Gasteiger partial charge in [-0.1, -0.05) is 23.7 Å². The molecule has 1 aliphatic rings. The third kappa shape index (κ3) is 3.00. The van der Waals surface area contributed by atoms with Crippen molar-refractivity contribution in [3.8, 4) is 0 Å². The van der Waals surface area contributed by atoms with Crippen molar-refractivity contribution in [2.75, 3.05) is 11.9 Å². The molecule has 2 N–H and O–H groups in total. The van der Waals surface area contributed by atoms with Crippen molar-refractivity contribution in [2.45, 2.75) is 13.0 Å². The van der Waals surface area contributed by atoms with Gasteiger partial charge in [0.2, 0.25) is 0 Å². The van der Waals surface area contributed by atoms with Crippen LogP contribution in [0, 0.1) is 5.82 Å². The highest BCUT2D eigenvalue weighted by Gasteiger charge is 2.13. The molecule has 2 aromatic rings. The van der Waals surface area contributed by atoms with Crippen molar-refractivity contribution < 1.29 is 9.18 Å². The molecule has 3 rings (SSSR count). The predicted molar refractivity (Wildman–Crippen MR) is 81.2 cm³/mol. The van der Waals surface area contributed by atoms with Crippen LogP contribution >= 0.6 is 11.6 Å². The van der Waals surface area contributed by atoms with E-state index in [-0.39, 0.29) is 10.9 Å². The maximum atomic E-state index is 13.1. The number of carbonyl (C=O) groups excluding carboxylic acids is 1. The molecule has 0 aliphatic carbocycles. The van der Waals surface area contributed by atoms with Crippen LogP contribution in [0.3, 0.4) is 0 Å². The molecule has 0 aromatic heterocycles. The molecular formula is C16H14ClFN2O. The summed E-state index contributed by atoms with van der Waals surface area (Å²) in [6.45, 7) is 1.22. The number of anilines is 1. The van der Waals surface area contributed by atoms with Gasteiger partial charge in [0, 0.05) is 24.3 Å². The van der Waals surface area contributed by atoms with Gasteiger partial charge in [-0.15, -0.1) is 0 Å². The Morgan fingerprint density at radius 3 is 2.95 bits per heavy atom. The van der Waals surface area contributed by atoms with Crippen LogP contribution in [0.4, 0.5) is 10.1 Å². The lowest BCUT2D eigenvalue weighted by molar-refractivity contribution is 0.0951. The van der Waals surface area contributed by atoms with Crippen LogP contribution in [-0.4, -0.2) is 12.5 Å². The lowest BCUT2D eigenvalue weighted by Crippen LogP contribution is -2.22. The van der Waals surface area contributed by atoms with Gasteiger partial charge in [0.05, 0.1) is 5.02 Å². The summed E-state index contributed by atoms with van der Waals surface area (Å²) in [6, 6.07) is 10.1. The second-order valence-electron chi connectivity index (χ2n) is 4.98. The number of rotatable bonds is 3. The van der Waals surface area contributed by atoms with Crippen LogP contribution < -0.4 is 10.6 Å². The molecule has 0 bridgehead atoms. The van der Waals surface area contributed by atoms with E-state index in [4.69, 9.17) is 11.6 Å². The Balaban J connectivity index is 1.67. The van der Waals surface area contributed by atoms with Gasteiger partial charge in [0.1, 0.15) is 5.82 Å². The molecule has 1 amide bonds. The van der Waals surface area contributed by atoms with E-state index in [1.807, 2.05) is 18.2 Å². The van der Waals surface area contributed by atoms with E-state index in [2.05, 4.69) is 10.6 Å². The Hall–Kier alpha value is -2.07. The van der Waals surface area contributed by atoms with E-state index in [0.29, 0.717) is 12.1 Å². The van der Waals surface area contributed by atoms with Crippen molar-refractivity contribution in [1.29, 1.82) is 0 Å². The normalized spacial score (nSPS) is 12.7. The summed E-state index contributed by atoms with van der Waals surface area (Å²) in [7, 11) is 0. The summed E-state index contributed by atoms with van der Waals surface area (Å²) < 4.78 is 13.1. The highest BCUT2D eigenvalue weighted by Crippen LogP contribution is 2.23. The summed E-state index contributed by atoms with van der Waals surface area (Å²) >= 11 is 5.71. The molecule has 0 saturated carbocycles. The van der Waals surface area contributed by atoms with Gasteiger partial charge >= 0.3 is 0 Å². The van der Waals surface area contributed by atoms with E-state index in [0.717, 1.165) is 24.2 Å². The van der Waals surface area contributed by atoms with E-state index in [1.165, 1.54) is 17.7 Å². The van der Waals surface area contributed by atoms with Gasteiger partial charge in [0.25, 0.3) is 5.91 Å². The molecule has 1 heterocycles. The number of benzene rings is 2. The summed E-state index contributed by atoms with van der Waals surface area (Å²) in [5.41, 5.74) is 3.62. The molecule has 0 radical (unpaired) electrons. The van der Waals surface area contributed by atoms with Crippen LogP contribution in [-0.2, 0) is 13.0 Å². The van der Waals surface area contributed by atoms with E-state index in [1.54, 1.807) is 6.07 Å². The van der Waals surface area contributed by atoms with Crippen molar-refractivity contribution in [2.24, 2.45) is 0 Å². The Morgan fingerprint density at radius 1 is 1.29 bits per heavy atom. The van der Waals surface area contributed by atoms with Crippen LogP contribution in [0.2, 0.25) is 5.02 Å². The summed E-state index contributed by atoms with van der Waals surface area (Å²) in [5, 5.41) is 6.11. The number of halogens is 2. The van der Waals surface area contributed by atoms with Crippen molar-refractivity contribution in [3.05, 3.63) is 63.9 Å². The molecule has 0 spiro atoms. The predicted octanol–water partition coefficient (Wildman–Crippen LogP) is 3.38. The van der Waals surface area contributed by atoms with E-state index < -0.39 is 5.82 Å². The van der Waals surface area contributed by atoms with E-state index in [9.17, 15) is 9.18 Å². The van der Waals surface area contributed by atoms with Crippen molar-refractivity contribution >= 4 is 23.2 Å². The lowest BCUT2D eigenvalue weighted by Gasteiger charge is -2.08. The minimum atomic E-state index is -0.462. The number of fused-ring (bicyclic) bond motifs is 1. The molecule has 21 heavy (non-hydrogen) atoms. The van der Waals surface area contributed by atoms with Gasteiger partial charge in [0.15, 0.2) is 0 Å². The number of nitrogens with one attached hydrogen (secondary N) is 2. The zero-order valence-corrected chi connectivity index (χ0v) is 12.0. The van der Waals surface area contributed by atoms with Crippen LogP contribution in [0.1, 0.15) is 21.5 Å². The molecule has 5 heteroatoms. The maximum absolute atomic E-state index is 13.1. The number of carbonyl (C=O) groups is 1. The van der Waals surface area contributed by atoms with Gasteiger partial charge in [-0.2, -0.15) is 0 Å². The Labute approximate surface area is 127 Å². The van der Waals surface area contributed by atoms with Gasteiger partial charge in [-0.25, -0.2) is 4.39 Å². The first-order valence-electron chi connectivity index (χ1n) is 6.72. The van der Waals surface area contributed by atoms with Crippen molar-refractivity contribution in [3.63, 3.8) is 0 Å². The average Bonchev–Trinajstić information content (AvgIpc) is 2.95. The smallest absolute Gasteiger partial charge is 0.251 e. The highest BCUT2D eigenvalue weighted by molar-refractivity contribution is 6.30. The van der Waals surface area contributed by atoms with Crippen molar-refractivity contribution in [1.82, 2.24) is 5.32 Å². The van der Waals surface area contributed by atoms with Gasteiger partial charge < -0.3 is 10.6 Å².